The van der Waals surface area contributed by atoms with Gasteiger partial charge in [0.1, 0.15) is 11.6 Å². The van der Waals surface area contributed by atoms with E-state index in [1.165, 1.54) is 18.2 Å². The number of halogens is 1. The van der Waals surface area contributed by atoms with Gasteiger partial charge in [0.15, 0.2) is 0 Å². The number of nitrogens with zero attached hydrogens (tertiary/aromatic N) is 3. The topological polar surface area (TPSA) is 85.5 Å². The van der Waals surface area contributed by atoms with Crippen LogP contribution in [0.5, 0.6) is 5.75 Å². The van der Waals surface area contributed by atoms with Gasteiger partial charge in [0.2, 0.25) is 11.7 Å². The summed E-state index contributed by atoms with van der Waals surface area (Å²) in [6, 6.07) is 12.5. The molecule has 2 heterocycles. The number of rotatable bonds is 4. The summed E-state index contributed by atoms with van der Waals surface area (Å²) in [5, 5.41) is 3.86. The van der Waals surface area contributed by atoms with Crippen molar-refractivity contribution in [2.24, 2.45) is 5.92 Å². The molecule has 0 saturated carbocycles. The minimum absolute atomic E-state index is 0.0946. The van der Waals surface area contributed by atoms with Crippen molar-refractivity contribution in [3.05, 3.63) is 65.8 Å². The largest absolute Gasteiger partial charge is 0.426 e. The molecule has 3 aromatic rings. The first-order valence-electron chi connectivity index (χ1n) is 9.67. The molecule has 154 valence electrons. The Hall–Kier alpha value is -3.55. The lowest BCUT2D eigenvalue weighted by atomic mass is 9.96. The zero-order valence-corrected chi connectivity index (χ0v) is 16.4. The van der Waals surface area contributed by atoms with Crippen LogP contribution < -0.4 is 4.74 Å². The molecule has 0 N–H and O–H groups in total. The monoisotopic (exact) mass is 409 g/mol. The van der Waals surface area contributed by atoms with Crippen molar-refractivity contribution in [2.45, 2.75) is 19.8 Å². The molecule has 0 aliphatic carbocycles. The Morgan fingerprint density at radius 1 is 1.13 bits per heavy atom. The van der Waals surface area contributed by atoms with Crippen LogP contribution in [0, 0.1) is 18.7 Å². The molecule has 0 bridgehead atoms. The maximum absolute atomic E-state index is 13.2. The molecule has 0 spiro atoms. The minimum atomic E-state index is -0.457. The molecule has 1 aliphatic heterocycles. The molecule has 2 aromatic carbocycles. The Morgan fingerprint density at radius 3 is 2.50 bits per heavy atom. The number of hydrogen-bond acceptors (Lipinski definition) is 6. The summed E-state index contributed by atoms with van der Waals surface area (Å²) in [6.45, 7) is 2.62. The van der Waals surface area contributed by atoms with Gasteiger partial charge in [-0.15, -0.1) is 0 Å². The fourth-order valence-corrected chi connectivity index (χ4v) is 3.41. The molecule has 1 aromatic heterocycles. The summed E-state index contributed by atoms with van der Waals surface area (Å²) in [5.74, 6) is -0.124. The molecule has 8 heteroatoms. The van der Waals surface area contributed by atoms with Crippen molar-refractivity contribution < 1.29 is 23.2 Å². The molecular weight excluding hydrogens is 389 g/mol. The molecule has 1 saturated heterocycles. The number of carbonyl (C=O) groups is 2. The Balaban J connectivity index is 1.33. The van der Waals surface area contributed by atoms with E-state index in [1.807, 2.05) is 0 Å². The molecule has 7 nitrogen and oxygen atoms in total. The van der Waals surface area contributed by atoms with Crippen LogP contribution >= 0.6 is 0 Å². The predicted octanol–water partition coefficient (Wildman–Crippen LogP) is 3.64. The lowest BCUT2D eigenvalue weighted by Gasteiger charge is -2.31. The minimum Gasteiger partial charge on any atom is -0.426 e. The van der Waals surface area contributed by atoms with E-state index >= 15 is 0 Å². The van der Waals surface area contributed by atoms with Gasteiger partial charge in [0.25, 0.3) is 5.91 Å². The van der Waals surface area contributed by atoms with Gasteiger partial charge < -0.3 is 14.2 Å². The summed E-state index contributed by atoms with van der Waals surface area (Å²) in [4.78, 5) is 31.0. The molecule has 1 fully saturated rings. The van der Waals surface area contributed by atoms with Crippen LogP contribution in [-0.4, -0.2) is 40.0 Å². The average Bonchev–Trinajstić information content (AvgIpc) is 3.20. The van der Waals surface area contributed by atoms with Crippen LogP contribution in [0.1, 0.15) is 29.1 Å². The van der Waals surface area contributed by atoms with E-state index in [2.05, 4.69) is 10.1 Å². The predicted molar refractivity (Wildman–Crippen MR) is 105 cm³/mol. The summed E-state index contributed by atoms with van der Waals surface area (Å²) in [6.07, 6.45) is 1.00. The molecule has 0 radical (unpaired) electrons. The normalized spacial score (nSPS) is 14.5. The molecule has 4 rings (SSSR count). The second-order valence-electron chi connectivity index (χ2n) is 7.16. The van der Waals surface area contributed by atoms with Crippen molar-refractivity contribution in [1.82, 2.24) is 15.0 Å². The van der Waals surface area contributed by atoms with Crippen LogP contribution in [-0.2, 0) is 4.79 Å². The van der Waals surface area contributed by atoms with E-state index in [4.69, 9.17) is 9.26 Å². The fourth-order valence-electron chi connectivity index (χ4n) is 3.41. The standard InChI is InChI=1S/C22H20FN3O4/c1-14-24-20(25-30-14)15-5-7-16(8-6-15)21(27)26-11-9-17(10-12-26)22(28)29-19-4-2-3-18(23)13-19/h2-8,13,17H,9-12H2,1H3. The number of amides is 1. The summed E-state index contributed by atoms with van der Waals surface area (Å²) in [5.41, 5.74) is 1.32. The van der Waals surface area contributed by atoms with Gasteiger partial charge in [-0.25, -0.2) is 4.39 Å². The number of carbonyl (C=O) groups excluding carboxylic acids is 2. The Bertz CT molecular complexity index is 1060. The first kappa shape index (κ1) is 19.8. The lowest BCUT2D eigenvalue weighted by molar-refractivity contribution is -0.140. The molecule has 1 aliphatic rings. The van der Waals surface area contributed by atoms with Crippen LogP contribution in [0.3, 0.4) is 0 Å². The molecule has 0 unspecified atom stereocenters. The van der Waals surface area contributed by atoms with Crippen molar-refractivity contribution in [1.29, 1.82) is 0 Å². The van der Waals surface area contributed by atoms with Crippen LogP contribution in [0.15, 0.2) is 53.1 Å². The first-order chi connectivity index (χ1) is 14.5. The third-order valence-corrected chi connectivity index (χ3v) is 5.05. The maximum Gasteiger partial charge on any atom is 0.314 e. The smallest absolute Gasteiger partial charge is 0.314 e. The highest BCUT2D eigenvalue weighted by Crippen LogP contribution is 2.23. The third-order valence-electron chi connectivity index (χ3n) is 5.05. The average molecular weight is 409 g/mol. The SMILES string of the molecule is Cc1nc(-c2ccc(C(=O)N3CCC(C(=O)Oc4cccc(F)c4)CC3)cc2)no1. The summed E-state index contributed by atoms with van der Waals surface area (Å²) in [7, 11) is 0. The number of ether oxygens (including phenoxy) is 1. The zero-order valence-electron chi connectivity index (χ0n) is 16.4. The number of benzene rings is 2. The number of esters is 1. The van der Waals surface area contributed by atoms with Gasteiger partial charge >= 0.3 is 5.97 Å². The van der Waals surface area contributed by atoms with Gasteiger partial charge in [-0.05, 0) is 37.1 Å². The highest BCUT2D eigenvalue weighted by molar-refractivity contribution is 5.94. The quantitative estimate of drug-likeness (QED) is 0.483. The van der Waals surface area contributed by atoms with E-state index in [-0.39, 0.29) is 17.6 Å². The van der Waals surface area contributed by atoms with Crippen LogP contribution in [0.2, 0.25) is 0 Å². The molecule has 30 heavy (non-hydrogen) atoms. The number of likely N-dealkylation sites (tertiary alicyclic amines) is 1. The number of aryl methyl sites for hydroxylation is 1. The number of piperidine rings is 1. The van der Waals surface area contributed by atoms with Crippen molar-refractivity contribution >= 4 is 11.9 Å². The van der Waals surface area contributed by atoms with E-state index in [0.29, 0.717) is 43.2 Å². The molecule has 1 amide bonds. The van der Waals surface area contributed by atoms with Crippen molar-refractivity contribution in [3.63, 3.8) is 0 Å². The van der Waals surface area contributed by atoms with Crippen molar-refractivity contribution in [3.8, 4) is 17.1 Å². The van der Waals surface area contributed by atoms with Crippen LogP contribution in [0.4, 0.5) is 4.39 Å². The van der Waals surface area contributed by atoms with E-state index in [9.17, 15) is 14.0 Å². The molecule has 0 atom stereocenters. The van der Waals surface area contributed by atoms with Gasteiger partial charge in [0.05, 0.1) is 5.92 Å². The summed E-state index contributed by atoms with van der Waals surface area (Å²) < 4.78 is 23.5. The number of hydrogen-bond donors (Lipinski definition) is 0. The van der Waals surface area contributed by atoms with Crippen molar-refractivity contribution in [2.75, 3.05) is 13.1 Å². The van der Waals surface area contributed by atoms with Gasteiger partial charge in [-0.3, -0.25) is 9.59 Å². The third kappa shape index (κ3) is 4.37. The van der Waals surface area contributed by atoms with Crippen LogP contribution in [0.25, 0.3) is 11.4 Å². The van der Waals surface area contributed by atoms with E-state index in [1.54, 1.807) is 42.2 Å². The van der Waals surface area contributed by atoms with Gasteiger partial charge in [0, 0.05) is 37.2 Å². The highest BCUT2D eigenvalue weighted by Gasteiger charge is 2.29. The maximum atomic E-state index is 13.2. The number of aromatic nitrogens is 2. The lowest BCUT2D eigenvalue weighted by Crippen LogP contribution is -2.41. The summed E-state index contributed by atoms with van der Waals surface area (Å²) >= 11 is 0. The first-order valence-corrected chi connectivity index (χ1v) is 9.67. The Labute approximate surface area is 172 Å². The Kier molecular flexibility index (Phi) is 5.56. The van der Waals surface area contributed by atoms with E-state index < -0.39 is 11.8 Å². The Morgan fingerprint density at radius 2 is 1.87 bits per heavy atom. The second-order valence-corrected chi connectivity index (χ2v) is 7.16. The second kappa shape index (κ2) is 8.44. The molecular formula is C22H20FN3O4. The highest BCUT2D eigenvalue weighted by atomic mass is 19.1. The van der Waals surface area contributed by atoms with Gasteiger partial charge in [-0.1, -0.05) is 23.4 Å². The fraction of sp³-hybridized carbons (Fsp3) is 0.273. The van der Waals surface area contributed by atoms with Gasteiger partial charge in [-0.2, -0.15) is 4.98 Å². The zero-order chi connectivity index (χ0) is 21.1. The van der Waals surface area contributed by atoms with E-state index in [0.717, 1.165) is 5.56 Å².